The van der Waals surface area contributed by atoms with Gasteiger partial charge >= 0.3 is 6.09 Å². The summed E-state index contributed by atoms with van der Waals surface area (Å²) in [4.78, 5) is 19.2. The van der Waals surface area contributed by atoms with E-state index in [1.54, 1.807) is 0 Å². The highest BCUT2D eigenvalue weighted by molar-refractivity contribution is 5.68. The number of ether oxygens (including phenoxy) is 1. The van der Waals surface area contributed by atoms with Crippen molar-refractivity contribution in [1.82, 2.24) is 15.1 Å². The van der Waals surface area contributed by atoms with Crippen LogP contribution >= 0.6 is 0 Å². The lowest BCUT2D eigenvalue weighted by Crippen LogP contribution is -2.50. The zero-order valence-electron chi connectivity index (χ0n) is 19.1. The monoisotopic (exact) mass is 414 g/mol. The maximum absolute atomic E-state index is 12.3. The van der Waals surface area contributed by atoms with Crippen LogP contribution in [0.3, 0.4) is 0 Å². The molecule has 2 atom stereocenters. The third-order valence-corrected chi connectivity index (χ3v) is 6.59. The molecule has 0 saturated carbocycles. The molecule has 0 aromatic heterocycles. The average molecular weight is 415 g/mol. The van der Waals surface area contributed by atoms with Crippen LogP contribution in [0, 0.1) is 5.92 Å². The van der Waals surface area contributed by atoms with Gasteiger partial charge in [-0.25, -0.2) is 4.79 Å². The van der Waals surface area contributed by atoms with Gasteiger partial charge in [-0.05, 0) is 69.3 Å². The van der Waals surface area contributed by atoms with Gasteiger partial charge in [0.2, 0.25) is 0 Å². The van der Waals surface area contributed by atoms with Crippen LogP contribution in [0.1, 0.15) is 45.2 Å². The smallest absolute Gasteiger partial charge is 0.410 e. The summed E-state index contributed by atoms with van der Waals surface area (Å²) in [5.74, 6) is 0.770. The Morgan fingerprint density at radius 1 is 1.07 bits per heavy atom. The quantitative estimate of drug-likeness (QED) is 0.806. The van der Waals surface area contributed by atoms with E-state index in [-0.39, 0.29) is 6.09 Å². The van der Waals surface area contributed by atoms with Crippen LogP contribution in [-0.2, 0) is 17.7 Å². The Hall–Kier alpha value is -1.79. The predicted molar refractivity (Wildman–Crippen MR) is 121 cm³/mol. The Morgan fingerprint density at radius 2 is 1.83 bits per heavy atom. The fraction of sp³-hybridized carbons (Fsp3) is 0.708. The highest BCUT2D eigenvalue weighted by Crippen LogP contribution is 2.28. The molecule has 1 aromatic carbocycles. The molecule has 1 unspecified atom stereocenters. The van der Waals surface area contributed by atoms with E-state index in [0.29, 0.717) is 19.1 Å². The van der Waals surface area contributed by atoms with Crippen molar-refractivity contribution in [2.75, 3.05) is 50.7 Å². The summed E-state index contributed by atoms with van der Waals surface area (Å²) in [6.45, 7) is 15.8. The molecule has 0 spiro atoms. The fourth-order valence-electron chi connectivity index (χ4n) is 4.95. The lowest BCUT2D eigenvalue weighted by Gasteiger charge is -2.40. The van der Waals surface area contributed by atoms with Gasteiger partial charge in [0.15, 0.2) is 0 Å². The molecule has 30 heavy (non-hydrogen) atoms. The van der Waals surface area contributed by atoms with E-state index in [1.165, 1.54) is 23.2 Å². The molecule has 1 N–H and O–H groups in total. The fourth-order valence-corrected chi connectivity index (χ4v) is 4.95. The van der Waals surface area contributed by atoms with Crippen molar-refractivity contribution in [2.24, 2.45) is 5.92 Å². The van der Waals surface area contributed by atoms with E-state index in [9.17, 15) is 4.79 Å². The Bertz CT molecular complexity index is 752. The highest BCUT2D eigenvalue weighted by atomic mass is 16.6. The predicted octanol–water partition coefficient (Wildman–Crippen LogP) is 3.10. The van der Waals surface area contributed by atoms with Gasteiger partial charge in [0.05, 0.1) is 0 Å². The number of fused-ring (bicyclic) bond motifs is 1. The first-order valence-electron chi connectivity index (χ1n) is 11.6. The third kappa shape index (κ3) is 5.09. The van der Waals surface area contributed by atoms with E-state index in [2.05, 4.69) is 40.2 Å². The molecule has 6 heteroatoms. The first kappa shape index (κ1) is 21.4. The van der Waals surface area contributed by atoms with E-state index in [4.69, 9.17) is 4.74 Å². The van der Waals surface area contributed by atoms with Gasteiger partial charge in [0, 0.05) is 57.5 Å². The second-order valence-corrected chi connectivity index (χ2v) is 10.3. The molecule has 3 heterocycles. The zero-order valence-corrected chi connectivity index (χ0v) is 19.1. The Kier molecular flexibility index (Phi) is 6.26. The summed E-state index contributed by atoms with van der Waals surface area (Å²) in [7, 11) is 0. The minimum atomic E-state index is -0.438. The second kappa shape index (κ2) is 8.75. The topological polar surface area (TPSA) is 48.0 Å². The van der Waals surface area contributed by atoms with E-state index in [1.807, 2.05) is 25.7 Å². The summed E-state index contributed by atoms with van der Waals surface area (Å²) in [6, 6.07) is 7.66. The van der Waals surface area contributed by atoms with Crippen molar-refractivity contribution in [1.29, 1.82) is 0 Å². The van der Waals surface area contributed by atoms with Crippen molar-refractivity contribution >= 4 is 11.8 Å². The standard InChI is InChI=1S/C24H38N4O2/c1-18-13-22(16-25-15-18)28-8-7-19-14-21(6-5-20(19)17-28)26-9-11-27(12-10-26)23(29)30-24(2,3)4/h5-6,14,18,22,25H,7-13,15-17H2,1-4H3/t18-,22?/m0/s1. The van der Waals surface area contributed by atoms with Crippen molar-refractivity contribution in [3.8, 4) is 0 Å². The van der Waals surface area contributed by atoms with Crippen molar-refractivity contribution < 1.29 is 9.53 Å². The number of benzene rings is 1. The van der Waals surface area contributed by atoms with Crippen LogP contribution in [0.5, 0.6) is 0 Å². The van der Waals surface area contributed by atoms with Crippen molar-refractivity contribution in [2.45, 2.75) is 58.7 Å². The van der Waals surface area contributed by atoms with Gasteiger partial charge in [0.1, 0.15) is 5.60 Å². The second-order valence-electron chi connectivity index (χ2n) is 10.3. The minimum Gasteiger partial charge on any atom is -0.444 e. The van der Waals surface area contributed by atoms with Crippen LogP contribution in [0.4, 0.5) is 10.5 Å². The SMILES string of the molecule is C[C@@H]1CNCC(N2CCc3cc(N4CCN(C(=O)OC(C)(C)C)CC4)ccc3C2)C1. The number of nitrogens with one attached hydrogen (secondary N) is 1. The van der Waals surface area contributed by atoms with Gasteiger partial charge < -0.3 is 19.9 Å². The third-order valence-electron chi connectivity index (χ3n) is 6.59. The maximum Gasteiger partial charge on any atom is 0.410 e. The largest absolute Gasteiger partial charge is 0.444 e. The van der Waals surface area contributed by atoms with Crippen molar-refractivity contribution in [3.63, 3.8) is 0 Å². The van der Waals surface area contributed by atoms with E-state index in [0.717, 1.165) is 51.6 Å². The number of amides is 1. The Labute approximate surface area is 181 Å². The van der Waals surface area contributed by atoms with Crippen LogP contribution in [-0.4, -0.2) is 73.3 Å². The number of nitrogens with zero attached hydrogens (tertiary/aromatic N) is 3. The molecular formula is C24H38N4O2. The maximum atomic E-state index is 12.3. The lowest BCUT2D eigenvalue weighted by molar-refractivity contribution is 0.0240. The zero-order chi connectivity index (χ0) is 21.3. The van der Waals surface area contributed by atoms with Gasteiger partial charge in [-0.2, -0.15) is 0 Å². The summed E-state index contributed by atoms with van der Waals surface area (Å²) >= 11 is 0. The number of anilines is 1. The molecule has 166 valence electrons. The molecule has 0 bridgehead atoms. The highest BCUT2D eigenvalue weighted by Gasteiger charge is 2.29. The van der Waals surface area contributed by atoms with Gasteiger partial charge in [-0.3, -0.25) is 4.90 Å². The van der Waals surface area contributed by atoms with Crippen LogP contribution in [0.2, 0.25) is 0 Å². The molecule has 2 saturated heterocycles. The van der Waals surface area contributed by atoms with E-state index < -0.39 is 5.60 Å². The van der Waals surface area contributed by atoms with Gasteiger partial charge in [-0.15, -0.1) is 0 Å². The summed E-state index contributed by atoms with van der Waals surface area (Å²) in [5, 5.41) is 3.60. The summed E-state index contributed by atoms with van der Waals surface area (Å²) in [6.07, 6.45) is 2.24. The minimum absolute atomic E-state index is 0.195. The number of hydrogen-bond donors (Lipinski definition) is 1. The molecular weight excluding hydrogens is 376 g/mol. The molecule has 1 amide bonds. The molecule has 2 fully saturated rings. The lowest BCUT2D eigenvalue weighted by atomic mass is 9.92. The summed E-state index contributed by atoms with van der Waals surface area (Å²) < 4.78 is 5.52. The van der Waals surface area contributed by atoms with Crippen LogP contribution < -0.4 is 10.2 Å². The van der Waals surface area contributed by atoms with Crippen LogP contribution in [0.25, 0.3) is 0 Å². The number of piperazine rings is 1. The van der Waals surface area contributed by atoms with Crippen molar-refractivity contribution in [3.05, 3.63) is 29.3 Å². The average Bonchev–Trinajstić information content (AvgIpc) is 2.72. The number of piperidine rings is 1. The first-order valence-corrected chi connectivity index (χ1v) is 11.6. The molecule has 0 aliphatic carbocycles. The number of hydrogen-bond acceptors (Lipinski definition) is 5. The number of carbonyl (C=O) groups is 1. The number of rotatable bonds is 2. The first-order chi connectivity index (χ1) is 14.3. The molecule has 3 aliphatic heterocycles. The van der Waals surface area contributed by atoms with Gasteiger partial charge in [-0.1, -0.05) is 13.0 Å². The van der Waals surface area contributed by atoms with Gasteiger partial charge in [0.25, 0.3) is 0 Å². The Morgan fingerprint density at radius 3 is 2.53 bits per heavy atom. The molecule has 0 radical (unpaired) electrons. The molecule has 4 rings (SSSR count). The van der Waals surface area contributed by atoms with Crippen LogP contribution in [0.15, 0.2) is 18.2 Å². The number of carbonyl (C=O) groups excluding carboxylic acids is 1. The summed E-state index contributed by atoms with van der Waals surface area (Å²) in [5.41, 5.74) is 3.83. The molecule has 6 nitrogen and oxygen atoms in total. The van der Waals surface area contributed by atoms with E-state index >= 15 is 0 Å². The molecule has 3 aliphatic rings. The Balaban J connectivity index is 1.34. The normalized spacial score (nSPS) is 25.7. The molecule has 1 aromatic rings.